The number of carbonyl (C=O) groups excluding carboxylic acids is 2. The Labute approximate surface area is 115 Å². The monoisotopic (exact) mass is 270 g/mol. The zero-order chi connectivity index (χ0) is 14.3. The lowest BCUT2D eigenvalue weighted by atomic mass is 10.0. The van der Waals surface area contributed by atoms with Crippen molar-refractivity contribution in [1.29, 1.82) is 0 Å². The molecule has 5 heteroatoms. The summed E-state index contributed by atoms with van der Waals surface area (Å²) in [6.07, 6.45) is 2.62. The molecule has 1 aliphatic rings. The van der Waals surface area contributed by atoms with Crippen molar-refractivity contribution < 1.29 is 14.3 Å². The highest BCUT2D eigenvalue weighted by Crippen LogP contribution is 2.14. The number of ether oxygens (including phenoxy) is 1. The van der Waals surface area contributed by atoms with Crippen LogP contribution in [0.5, 0.6) is 0 Å². The molecule has 0 aromatic rings. The summed E-state index contributed by atoms with van der Waals surface area (Å²) >= 11 is 0. The predicted molar refractivity (Wildman–Crippen MR) is 73.7 cm³/mol. The maximum atomic E-state index is 12.3. The highest BCUT2D eigenvalue weighted by Gasteiger charge is 2.25. The molecular formula is C14H26N2O3. The summed E-state index contributed by atoms with van der Waals surface area (Å²) in [4.78, 5) is 27.8. The normalized spacial score (nSPS) is 16.6. The van der Waals surface area contributed by atoms with E-state index in [1.54, 1.807) is 4.90 Å². The Morgan fingerprint density at radius 3 is 2.21 bits per heavy atom. The van der Waals surface area contributed by atoms with Crippen molar-refractivity contribution in [3.8, 4) is 0 Å². The molecule has 1 fully saturated rings. The van der Waals surface area contributed by atoms with Crippen LogP contribution < -0.4 is 0 Å². The maximum absolute atomic E-state index is 12.3. The van der Waals surface area contributed by atoms with Crippen molar-refractivity contribution in [2.45, 2.75) is 33.1 Å². The van der Waals surface area contributed by atoms with Crippen LogP contribution in [-0.4, -0.2) is 61.5 Å². The highest BCUT2D eigenvalue weighted by atomic mass is 16.5. The van der Waals surface area contributed by atoms with Crippen molar-refractivity contribution in [3.05, 3.63) is 0 Å². The summed E-state index contributed by atoms with van der Waals surface area (Å²) < 4.78 is 4.87. The van der Waals surface area contributed by atoms with Crippen LogP contribution in [0.15, 0.2) is 0 Å². The summed E-state index contributed by atoms with van der Waals surface area (Å²) in [6, 6.07) is 0. The highest BCUT2D eigenvalue weighted by molar-refractivity contribution is 5.79. The van der Waals surface area contributed by atoms with E-state index in [-0.39, 0.29) is 24.3 Å². The Balaban J connectivity index is 2.54. The Morgan fingerprint density at radius 1 is 1.05 bits per heavy atom. The summed E-state index contributed by atoms with van der Waals surface area (Å²) in [6.45, 7) is 6.97. The van der Waals surface area contributed by atoms with E-state index in [4.69, 9.17) is 4.74 Å². The first kappa shape index (κ1) is 16.0. The smallest absolute Gasteiger partial charge is 0.248 e. The van der Waals surface area contributed by atoms with E-state index in [1.807, 2.05) is 4.90 Å². The lowest BCUT2D eigenvalue weighted by molar-refractivity contribution is -0.137. The van der Waals surface area contributed by atoms with Crippen LogP contribution in [-0.2, 0) is 14.3 Å². The van der Waals surface area contributed by atoms with Gasteiger partial charge in [-0.1, -0.05) is 13.8 Å². The molecule has 0 radical (unpaired) electrons. The van der Waals surface area contributed by atoms with Crippen LogP contribution in [0.25, 0.3) is 0 Å². The van der Waals surface area contributed by atoms with Gasteiger partial charge in [-0.2, -0.15) is 0 Å². The number of hydrogen-bond donors (Lipinski definition) is 0. The molecule has 1 rings (SSSR count). The standard InChI is InChI=1S/C14H26N2O3/c1-4-12(5-2)14(18)16-8-6-7-15(9-10-16)13(17)11-19-3/h12H,4-11H2,1-3H3. The van der Waals surface area contributed by atoms with E-state index in [9.17, 15) is 9.59 Å². The molecule has 1 heterocycles. The maximum Gasteiger partial charge on any atom is 0.248 e. The van der Waals surface area contributed by atoms with Gasteiger partial charge >= 0.3 is 0 Å². The zero-order valence-electron chi connectivity index (χ0n) is 12.4. The number of amides is 2. The van der Waals surface area contributed by atoms with Crippen molar-refractivity contribution in [3.63, 3.8) is 0 Å². The Bertz CT molecular complexity index is 303. The number of rotatable bonds is 5. The molecule has 0 aliphatic carbocycles. The van der Waals surface area contributed by atoms with Gasteiger partial charge in [-0.05, 0) is 19.3 Å². The number of carbonyl (C=O) groups is 2. The van der Waals surface area contributed by atoms with Gasteiger partial charge in [0.2, 0.25) is 11.8 Å². The first-order chi connectivity index (χ1) is 9.13. The quantitative estimate of drug-likeness (QED) is 0.752. The van der Waals surface area contributed by atoms with Gasteiger partial charge in [-0.3, -0.25) is 9.59 Å². The Hall–Kier alpha value is -1.10. The molecule has 1 saturated heterocycles. The Kier molecular flexibility index (Phi) is 6.84. The minimum absolute atomic E-state index is 0.0133. The summed E-state index contributed by atoms with van der Waals surface area (Å²) in [5, 5.41) is 0. The molecule has 0 aromatic carbocycles. The third kappa shape index (κ3) is 4.49. The minimum atomic E-state index is 0.0133. The molecule has 0 bridgehead atoms. The van der Waals surface area contributed by atoms with E-state index in [0.29, 0.717) is 13.1 Å². The number of nitrogens with zero attached hydrogens (tertiary/aromatic N) is 2. The van der Waals surface area contributed by atoms with Gasteiger partial charge in [0.05, 0.1) is 0 Å². The van der Waals surface area contributed by atoms with E-state index < -0.39 is 0 Å². The second-order valence-electron chi connectivity index (χ2n) is 5.01. The van der Waals surface area contributed by atoms with Gasteiger partial charge in [0.15, 0.2) is 0 Å². The van der Waals surface area contributed by atoms with Crippen LogP contribution >= 0.6 is 0 Å². The molecule has 0 spiro atoms. The first-order valence-corrected chi connectivity index (χ1v) is 7.19. The molecule has 0 unspecified atom stereocenters. The van der Waals surface area contributed by atoms with Gasteiger partial charge in [-0.15, -0.1) is 0 Å². The fourth-order valence-electron chi connectivity index (χ4n) is 2.50. The van der Waals surface area contributed by atoms with Gasteiger partial charge < -0.3 is 14.5 Å². The van der Waals surface area contributed by atoms with E-state index in [0.717, 1.165) is 32.4 Å². The molecule has 5 nitrogen and oxygen atoms in total. The summed E-state index contributed by atoms with van der Waals surface area (Å²) in [5.74, 6) is 0.381. The third-order valence-corrected chi connectivity index (χ3v) is 3.76. The third-order valence-electron chi connectivity index (χ3n) is 3.76. The van der Waals surface area contributed by atoms with Crippen LogP contribution in [0, 0.1) is 5.92 Å². The van der Waals surface area contributed by atoms with Crippen LogP contribution in [0.1, 0.15) is 33.1 Å². The van der Waals surface area contributed by atoms with Crippen molar-refractivity contribution in [1.82, 2.24) is 9.80 Å². The molecule has 0 atom stereocenters. The van der Waals surface area contributed by atoms with E-state index in [2.05, 4.69) is 13.8 Å². The van der Waals surface area contributed by atoms with Gasteiger partial charge in [0.1, 0.15) is 6.61 Å². The fourth-order valence-corrected chi connectivity index (χ4v) is 2.50. The lowest BCUT2D eigenvalue weighted by Crippen LogP contribution is -2.40. The SMILES string of the molecule is CCC(CC)C(=O)N1CCCN(C(=O)COC)CC1. The number of hydrogen-bond acceptors (Lipinski definition) is 3. The fraction of sp³-hybridized carbons (Fsp3) is 0.857. The van der Waals surface area contributed by atoms with Gasteiger partial charge in [0, 0.05) is 39.2 Å². The summed E-state index contributed by atoms with van der Waals surface area (Å²) in [7, 11) is 1.53. The summed E-state index contributed by atoms with van der Waals surface area (Å²) in [5.41, 5.74) is 0. The van der Waals surface area contributed by atoms with Crippen molar-refractivity contribution in [2.24, 2.45) is 5.92 Å². The topological polar surface area (TPSA) is 49.9 Å². The number of methoxy groups -OCH3 is 1. The van der Waals surface area contributed by atoms with Crippen LogP contribution in [0.4, 0.5) is 0 Å². The van der Waals surface area contributed by atoms with Crippen LogP contribution in [0.2, 0.25) is 0 Å². The minimum Gasteiger partial charge on any atom is -0.375 e. The van der Waals surface area contributed by atoms with Gasteiger partial charge in [0.25, 0.3) is 0 Å². The molecule has 0 saturated carbocycles. The molecule has 19 heavy (non-hydrogen) atoms. The molecule has 0 N–H and O–H groups in total. The second kappa shape index (κ2) is 8.15. The molecule has 0 aromatic heterocycles. The second-order valence-corrected chi connectivity index (χ2v) is 5.01. The predicted octanol–water partition coefficient (Wildman–Crippen LogP) is 1.13. The molecule has 2 amide bonds. The van der Waals surface area contributed by atoms with E-state index in [1.165, 1.54) is 7.11 Å². The van der Waals surface area contributed by atoms with Crippen LogP contribution in [0.3, 0.4) is 0 Å². The molecular weight excluding hydrogens is 244 g/mol. The average molecular weight is 270 g/mol. The van der Waals surface area contributed by atoms with Gasteiger partial charge in [-0.25, -0.2) is 0 Å². The first-order valence-electron chi connectivity index (χ1n) is 7.19. The average Bonchev–Trinajstić information content (AvgIpc) is 2.66. The van der Waals surface area contributed by atoms with E-state index >= 15 is 0 Å². The van der Waals surface area contributed by atoms with Crippen molar-refractivity contribution >= 4 is 11.8 Å². The lowest BCUT2D eigenvalue weighted by Gasteiger charge is -2.25. The van der Waals surface area contributed by atoms with Crippen molar-refractivity contribution in [2.75, 3.05) is 39.9 Å². The molecule has 110 valence electrons. The Morgan fingerprint density at radius 2 is 1.63 bits per heavy atom. The molecule has 1 aliphatic heterocycles. The zero-order valence-corrected chi connectivity index (χ0v) is 12.4. The largest absolute Gasteiger partial charge is 0.375 e.